The van der Waals surface area contributed by atoms with Gasteiger partial charge in [-0.25, -0.2) is 0 Å². The molecule has 25 heavy (non-hydrogen) atoms. The number of fused-ring (bicyclic) bond motifs is 1. The quantitative estimate of drug-likeness (QED) is 0.562. The minimum absolute atomic E-state index is 0.281. The van der Waals surface area contributed by atoms with Gasteiger partial charge in [0.2, 0.25) is 11.8 Å². The highest BCUT2D eigenvalue weighted by atomic mass is 16.2. The summed E-state index contributed by atoms with van der Waals surface area (Å²) in [5.74, 6) is 1.94. The minimum atomic E-state index is 0.281. The second-order valence-corrected chi connectivity index (χ2v) is 8.31. The topological polar surface area (TPSA) is 40.6 Å². The molecule has 0 aromatic heterocycles. The number of allylic oxidation sites excluding steroid dienone is 1. The van der Waals surface area contributed by atoms with Crippen LogP contribution < -0.4 is 0 Å². The van der Waals surface area contributed by atoms with E-state index in [2.05, 4.69) is 13.0 Å². The van der Waals surface area contributed by atoms with Gasteiger partial charge in [0, 0.05) is 39.0 Å². The minimum Gasteiger partial charge on any atom is -0.342 e. The molecule has 2 amide bonds. The van der Waals surface area contributed by atoms with E-state index >= 15 is 0 Å². The summed E-state index contributed by atoms with van der Waals surface area (Å²) in [4.78, 5) is 28.8. The second kappa shape index (κ2) is 8.86. The highest BCUT2D eigenvalue weighted by molar-refractivity contribution is 5.77. The summed E-state index contributed by atoms with van der Waals surface area (Å²) in [6, 6.07) is 0. The molecule has 0 saturated carbocycles. The SMILES string of the molecule is CC1CCCN(C(=O)CCCCC(=O)N2CCC3CCCC=C3C2)C1. The van der Waals surface area contributed by atoms with Crippen LogP contribution in [0.5, 0.6) is 0 Å². The predicted octanol–water partition coefficient (Wildman–Crippen LogP) is 3.76. The van der Waals surface area contributed by atoms with Crippen LogP contribution in [0.3, 0.4) is 0 Å². The number of carbonyl (C=O) groups excluding carboxylic acids is 2. The van der Waals surface area contributed by atoms with E-state index in [1.807, 2.05) is 9.80 Å². The first-order chi connectivity index (χ1) is 12.1. The third kappa shape index (κ3) is 5.08. The van der Waals surface area contributed by atoms with E-state index in [-0.39, 0.29) is 11.8 Å². The molecule has 0 spiro atoms. The zero-order chi connectivity index (χ0) is 17.6. The van der Waals surface area contributed by atoms with Gasteiger partial charge in [-0.15, -0.1) is 0 Å². The average Bonchev–Trinajstić information content (AvgIpc) is 2.64. The molecule has 0 aromatic carbocycles. The number of piperidine rings is 2. The van der Waals surface area contributed by atoms with Crippen molar-refractivity contribution in [3.63, 3.8) is 0 Å². The normalized spacial score (nSPS) is 26.8. The van der Waals surface area contributed by atoms with Crippen LogP contribution >= 0.6 is 0 Å². The number of likely N-dealkylation sites (tertiary alicyclic amines) is 2. The summed E-state index contributed by atoms with van der Waals surface area (Å²) in [6.45, 7) is 5.84. The third-order valence-electron chi connectivity index (χ3n) is 6.20. The maximum absolute atomic E-state index is 12.5. The maximum Gasteiger partial charge on any atom is 0.222 e. The number of nitrogens with zero attached hydrogens (tertiary/aromatic N) is 2. The van der Waals surface area contributed by atoms with Gasteiger partial charge in [0.1, 0.15) is 0 Å². The molecule has 2 aliphatic heterocycles. The van der Waals surface area contributed by atoms with Crippen LogP contribution in [0.1, 0.15) is 71.1 Å². The van der Waals surface area contributed by atoms with Crippen molar-refractivity contribution in [3.8, 4) is 0 Å². The van der Waals surface area contributed by atoms with Gasteiger partial charge < -0.3 is 9.80 Å². The molecule has 2 fully saturated rings. The zero-order valence-corrected chi connectivity index (χ0v) is 15.8. The van der Waals surface area contributed by atoms with Gasteiger partial charge in [-0.2, -0.15) is 0 Å². The van der Waals surface area contributed by atoms with Crippen LogP contribution in [0.25, 0.3) is 0 Å². The Labute approximate surface area is 152 Å². The molecule has 2 saturated heterocycles. The van der Waals surface area contributed by atoms with Crippen molar-refractivity contribution in [2.75, 3.05) is 26.2 Å². The van der Waals surface area contributed by atoms with Gasteiger partial charge in [0.25, 0.3) is 0 Å². The molecule has 4 nitrogen and oxygen atoms in total. The lowest BCUT2D eigenvalue weighted by atomic mass is 9.82. The molecule has 3 aliphatic rings. The van der Waals surface area contributed by atoms with Gasteiger partial charge in [-0.3, -0.25) is 9.59 Å². The fourth-order valence-corrected chi connectivity index (χ4v) is 4.64. The molecule has 0 N–H and O–H groups in total. The standard InChI is InChI=1S/C21H34N2O2/c1-17-7-6-13-22(15-17)20(24)10-4-5-11-21(25)23-14-12-18-8-2-3-9-19(18)16-23/h9,17-18H,2-8,10-16H2,1H3. The molecule has 3 rings (SSSR count). The monoisotopic (exact) mass is 346 g/mol. The Morgan fingerprint density at radius 3 is 2.52 bits per heavy atom. The number of hydrogen-bond donors (Lipinski definition) is 0. The van der Waals surface area contributed by atoms with E-state index in [1.165, 1.54) is 31.3 Å². The highest BCUT2D eigenvalue weighted by Gasteiger charge is 2.27. The summed E-state index contributed by atoms with van der Waals surface area (Å²) >= 11 is 0. The lowest BCUT2D eigenvalue weighted by Crippen LogP contribution is -2.40. The summed E-state index contributed by atoms with van der Waals surface area (Å²) < 4.78 is 0. The van der Waals surface area contributed by atoms with Crippen LogP contribution in [0.15, 0.2) is 11.6 Å². The smallest absolute Gasteiger partial charge is 0.222 e. The number of hydrogen-bond acceptors (Lipinski definition) is 2. The van der Waals surface area contributed by atoms with Crippen molar-refractivity contribution in [1.82, 2.24) is 9.80 Å². The molecule has 2 unspecified atom stereocenters. The predicted molar refractivity (Wildman–Crippen MR) is 100 cm³/mol. The summed E-state index contributed by atoms with van der Waals surface area (Å²) in [7, 11) is 0. The van der Waals surface area contributed by atoms with E-state index in [0.29, 0.717) is 18.8 Å². The lowest BCUT2D eigenvalue weighted by molar-refractivity contribution is -0.134. The van der Waals surface area contributed by atoms with Gasteiger partial charge in [-0.05, 0) is 63.2 Å². The van der Waals surface area contributed by atoms with Gasteiger partial charge >= 0.3 is 0 Å². The Kier molecular flexibility index (Phi) is 6.55. The molecule has 140 valence electrons. The molecule has 4 heteroatoms. The van der Waals surface area contributed by atoms with Crippen LogP contribution in [0, 0.1) is 11.8 Å². The van der Waals surface area contributed by atoms with Crippen molar-refractivity contribution in [2.24, 2.45) is 11.8 Å². The molecule has 1 aliphatic carbocycles. The highest BCUT2D eigenvalue weighted by Crippen LogP contribution is 2.32. The Morgan fingerprint density at radius 1 is 1.00 bits per heavy atom. The Bertz CT molecular complexity index is 514. The van der Waals surface area contributed by atoms with Crippen molar-refractivity contribution in [3.05, 3.63) is 11.6 Å². The summed E-state index contributed by atoms with van der Waals surface area (Å²) in [5, 5.41) is 0. The summed E-state index contributed by atoms with van der Waals surface area (Å²) in [5.41, 5.74) is 1.50. The first kappa shape index (κ1) is 18.5. The van der Waals surface area contributed by atoms with Gasteiger partial charge in [0.05, 0.1) is 0 Å². The van der Waals surface area contributed by atoms with E-state index in [0.717, 1.165) is 57.8 Å². The number of carbonyl (C=O) groups is 2. The Hall–Kier alpha value is -1.32. The van der Waals surface area contributed by atoms with Crippen molar-refractivity contribution < 1.29 is 9.59 Å². The van der Waals surface area contributed by atoms with E-state index in [9.17, 15) is 9.59 Å². The maximum atomic E-state index is 12.5. The average molecular weight is 347 g/mol. The molecule has 0 radical (unpaired) electrons. The van der Waals surface area contributed by atoms with E-state index < -0.39 is 0 Å². The van der Waals surface area contributed by atoms with E-state index in [1.54, 1.807) is 0 Å². The zero-order valence-electron chi connectivity index (χ0n) is 15.8. The van der Waals surface area contributed by atoms with Crippen molar-refractivity contribution in [1.29, 1.82) is 0 Å². The number of rotatable bonds is 5. The fraction of sp³-hybridized carbons (Fsp3) is 0.810. The van der Waals surface area contributed by atoms with Gasteiger partial charge in [-0.1, -0.05) is 18.6 Å². The molecular formula is C21H34N2O2. The Morgan fingerprint density at radius 2 is 1.76 bits per heavy atom. The second-order valence-electron chi connectivity index (χ2n) is 8.31. The third-order valence-corrected chi connectivity index (χ3v) is 6.20. The molecule has 0 aromatic rings. The molecule has 0 bridgehead atoms. The van der Waals surface area contributed by atoms with Gasteiger partial charge in [0.15, 0.2) is 0 Å². The fourth-order valence-electron chi connectivity index (χ4n) is 4.64. The lowest BCUT2D eigenvalue weighted by Gasteiger charge is -2.36. The Balaban J connectivity index is 1.34. The van der Waals surface area contributed by atoms with Crippen molar-refractivity contribution in [2.45, 2.75) is 71.1 Å². The first-order valence-electron chi connectivity index (χ1n) is 10.4. The molecule has 2 atom stereocenters. The van der Waals surface area contributed by atoms with Crippen LogP contribution in [0.2, 0.25) is 0 Å². The summed E-state index contributed by atoms with van der Waals surface area (Å²) in [6.07, 6.45) is 12.6. The molecule has 2 heterocycles. The van der Waals surface area contributed by atoms with Crippen LogP contribution in [-0.2, 0) is 9.59 Å². The molecular weight excluding hydrogens is 312 g/mol. The largest absolute Gasteiger partial charge is 0.342 e. The van der Waals surface area contributed by atoms with Crippen molar-refractivity contribution >= 4 is 11.8 Å². The van der Waals surface area contributed by atoms with Crippen LogP contribution in [0.4, 0.5) is 0 Å². The van der Waals surface area contributed by atoms with Crippen LogP contribution in [-0.4, -0.2) is 47.8 Å². The first-order valence-corrected chi connectivity index (χ1v) is 10.4. The number of amides is 2. The number of unbranched alkanes of at least 4 members (excludes halogenated alkanes) is 1. The van der Waals surface area contributed by atoms with E-state index in [4.69, 9.17) is 0 Å².